The zero-order valence-electron chi connectivity index (χ0n) is 17.9. The smallest absolute Gasteiger partial charge is 0.250 e. The van der Waals surface area contributed by atoms with E-state index in [0.29, 0.717) is 41.8 Å². The second-order valence-electron chi connectivity index (χ2n) is 8.20. The molecule has 0 radical (unpaired) electrons. The van der Waals surface area contributed by atoms with Crippen molar-refractivity contribution in [3.8, 4) is 11.4 Å². The summed E-state index contributed by atoms with van der Waals surface area (Å²) in [4.78, 5) is 16.2. The number of aromatic nitrogens is 4. The Labute approximate surface area is 197 Å². The van der Waals surface area contributed by atoms with Gasteiger partial charge in [0, 0.05) is 35.9 Å². The molecule has 0 unspecified atom stereocenters. The van der Waals surface area contributed by atoms with E-state index in [4.69, 9.17) is 11.6 Å². The standard InChI is InChI=1S/C22H23ClN6O3S/c23-18-6-4-16(5-7-18)22-24-26-29(25-22)15-21(30)28-13-10-17-14-19(8-9-20(17)28)33(31,32)27-11-2-1-3-12-27/h4-9,14H,1-3,10-13,15H2. The Morgan fingerprint density at radius 1 is 1.00 bits per heavy atom. The average molecular weight is 487 g/mol. The zero-order chi connectivity index (χ0) is 23.0. The molecule has 0 saturated carbocycles. The molecule has 172 valence electrons. The highest BCUT2D eigenvalue weighted by Crippen LogP contribution is 2.32. The maximum Gasteiger partial charge on any atom is 0.250 e. The summed E-state index contributed by atoms with van der Waals surface area (Å²) in [7, 11) is -3.51. The Morgan fingerprint density at radius 3 is 2.52 bits per heavy atom. The first-order valence-corrected chi connectivity index (χ1v) is 12.7. The van der Waals surface area contributed by atoms with Crippen LogP contribution in [0.1, 0.15) is 24.8 Å². The van der Waals surface area contributed by atoms with Gasteiger partial charge >= 0.3 is 0 Å². The van der Waals surface area contributed by atoms with Crippen LogP contribution in [-0.4, -0.2) is 58.5 Å². The minimum atomic E-state index is -3.51. The molecule has 3 aromatic rings. The van der Waals surface area contributed by atoms with Crippen LogP contribution >= 0.6 is 11.6 Å². The summed E-state index contributed by atoms with van der Waals surface area (Å²) in [5, 5.41) is 12.9. The molecule has 1 amide bonds. The minimum Gasteiger partial charge on any atom is -0.310 e. The number of fused-ring (bicyclic) bond motifs is 1. The maximum atomic E-state index is 13.0. The van der Waals surface area contributed by atoms with E-state index < -0.39 is 10.0 Å². The fourth-order valence-electron chi connectivity index (χ4n) is 4.28. The molecular formula is C22H23ClN6O3S. The molecule has 0 aliphatic carbocycles. The lowest BCUT2D eigenvalue weighted by atomic mass is 10.2. The molecule has 3 heterocycles. The van der Waals surface area contributed by atoms with Crippen LogP contribution in [0, 0.1) is 0 Å². The molecule has 2 aliphatic heterocycles. The first-order chi connectivity index (χ1) is 15.9. The second kappa shape index (κ2) is 8.85. The van der Waals surface area contributed by atoms with E-state index in [1.807, 2.05) is 0 Å². The van der Waals surface area contributed by atoms with Crippen molar-refractivity contribution in [2.24, 2.45) is 0 Å². The lowest BCUT2D eigenvalue weighted by molar-refractivity contribution is -0.119. The molecule has 0 N–H and O–H groups in total. The Morgan fingerprint density at radius 2 is 1.76 bits per heavy atom. The number of rotatable bonds is 5. The van der Waals surface area contributed by atoms with E-state index >= 15 is 0 Å². The van der Waals surface area contributed by atoms with Crippen LogP contribution in [0.15, 0.2) is 47.4 Å². The van der Waals surface area contributed by atoms with E-state index in [2.05, 4.69) is 15.4 Å². The van der Waals surface area contributed by atoms with Gasteiger partial charge in [-0.3, -0.25) is 4.79 Å². The molecule has 0 bridgehead atoms. The van der Waals surface area contributed by atoms with E-state index in [0.717, 1.165) is 36.1 Å². The Bertz CT molecular complexity index is 1290. The number of piperidine rings is 1. The van der Waals surface area contributed by atoms with Crippen LogP contribution < -0.4 is 4.90 Å². The number of carbonyl (C=O) groups is 1. The fourth-order valence-corrected chi connectivity index (χ4v) is 5.98. The third-order valence-electron chi connectivity index (χ3n) is 6.03. The average Bonchev–Trinajstić information content (AvgIpc) is 3.47. The largest absolute Gasteiger partial charge is 0.310 e. The molecule has 1 saturated heterocycles. The summed E-state index contributed by atoms with van der Waals surface area (Å²) in [5.41, 5.74) is 2.34. The van der Waals surface area contributed by atoms with Crippen LogP contribution in [0.5, 0.6) is 0 Å². The van der Waals surface area contributed by atoms with Gasteiger partial charge in [-0.25, -0.2) is 8.42 Å². The monoisotopic (exact) mass is 486 g/mol. The molecule has 0 atom stereocenters. The molecule has 33 heavy (non-hydrogen) atoms. The number of amides is 1. The number of nitrogens with zero attached hydrogens (tertiary/aromatic N) is 6. The molecule has 1 aromatic heterocycles. The number of carbonyl (C=O) groups excluding carboxylic acids is 1. The number of benzene rings is 2. The topological polar surface area (TPSA) is 101 Å². The predicted molar refractivity (Wildman–Crippen MR) is 123 cm³/mol. The molecule has 2 aromatic carbocycles. The van der Waals surface area contributed by atoms with Crippen molar-refractivity contribution in [3.05, 3.63) is 53.1 Å². The number of hydrogen-bond donors (Lipinski definition) is 0. The van der Waals surface area contributed by atoms with Gasteiger partial charge in [0.05, 0.1) is 4.90 Å². The van der Waals surface area contributed by atoms with Gasteiger partial charge in [0.15, 0.2) is 0 Å². The van der Waals surface area contributed by atoms with Crippen molar-refractivity contribution >= 4 is 33.2 Å². The maximum absolute atomic E-state index is 13.0. The number of sulfonamides is 1. The van der Waals surface area contributed by atoms with Gasteiger partial charge in [-0.1, -0.05) is 18.0 Å². The highest BCUT2D eigenvalue weighted by atomic mass is 35.5. The third kappa shape index (κ3) is 4.38. The van der Waals surface area contributed by atoms with E-state index in [1.165, 1.54) is 4.80 Å². The summed E-state index contributed by atoms with van der Waals surface area (Å²) in [6.45, 7) is 1.55. The van der Waals surface area contributed by atoms with Crippen molar-refractivity contribution in [2.45, 2.75) is 37.1 Å². The quantitative estimate of drug-likeness (QED) is 0.549. The Hall–Kier alpha value is -2.82. The highest BCUT2D eigenvalue weighted by molar-refractivity contribution is 7.89. The molecule has 0 spiro atoms. The fraction of sp³-hybridized carbons (Fsp3) is 0.364. The van der Waals surface area contributed by atoms with Gasteiger partial charge < -0.3 is 4.90 Å². The van der Waals surface area contributed by atoms with Crippen LogP contribution in [0.3, 0.4) is 0 Å². The number of anilines is 1. The predicted octanol–water partition coefficient (Wildman–Crippen LogP) is 2.76. The normalized spacial score (nSPS) is 16.7. The lowest BCUT2D eigenvalue weighted by Crippen LogP contribution is -2.35. The van der Waals surface area contributed by atoms with Crippen molar-refractivity contribution in [1.82, 2.24) is 24.5 Å². The first-order valence-electron chi connectivity index (χ1n) is 10.9. The molecular weight excluding hydrogens is 464 g/mol. The Kier molecular flexibility index (Phi) is 5.90. The van der Waals surface area contributed by atoms with Crippen molar-refractivity contribution in [3.63, 3.8) is 0 Å². The number of tetrazole rings is 1. The van der Waals surface area contributed by atoms with Gasteiger partial charge in [0.25, 0.3) is 5.91 Å². The molecule has 1 fully saturated rings. The summed E-state index contributed by atoms with van der Waals surface area (Å²) < 4.78 is 27.5. The SMILES string of the molecule is O=C(Cn1nnc(-c2ccc(Cl)cc2)n1)N1CCc2cc(S(=O)(=O)N3CCCCC3)ccc21. The van der Waals surface area contributed by atoms with Gasteiger partial charge in [0.2, 0.25) is 15.8 Å². The molecule has 2 aliphatic rings. The minimum absolute atomic E-state index is 0.0616. The van der Waals surface area contributed by atoms with Gasteiger partial charge in [-0.05, 0) is 72.5 Å². The lowest BCUT2D eigenvalue weighted by Gasteiger charge is -2.26. The van der Waals surface area contributed by atoms with E-state index in [-0.39, 0.29) is 12.5 Å². The second-order valence-corrected chi connectivity index (χ2v) is 10.6. The van der Waals surface area contributed by atoms with Gasteiger partial charge in [-0.15, -0.1) is 10.2 Å². The van der Waals surface area contributed by atoms with Crippen molar-refractivity contribution in [2.75, 3.05) is 24.5 Å². The van der Waals surface area contributed by atoms with Crippen LogP contribution in [-0.2, 0) is 27.8 Å². The molecule has 11 heteroatoms. The van der Waals surface area contributed by atoms with Crippen LogP contribution in [0.25, 0.3) is 11.4 Å². The third-order valence-corrected chi connectivity index (χ3v) is 8.18. The first kappa shape index (κ1) is 22.0. The highest BCUT2D eigenvalue weighted by Gasteiger charge is 2.30. The van der Waals surface area contributed by atoms with E-state index in [1.54, 1.807) is 51.7 Å². The number of hydrogen-bond acceptors (Lipinski definition) is 6. The number of halogens is 1. The summed E-state index contributed by atoms with van der Waals surface area (Å²) in [6, 6.07) is 12.1. The van der Waals surface area contributed by atoms with Crippen LogP contribution in [0.4, 0.5) is 5.69 Å². The van der Waals surface area contributed by atoms with Crippen molar-refractivity contribution < 1.29 is 13.2 Å². The van der Waals surface area contributed by atoms with Gasteiger partial charge in [-0.2, -0.15) is 9.10 Å². The summed E-state index contributed by atoms with van der Waals surface area (Å²) >= 11 is 5.91. The summed E-state index contributed by atoms with van der Waals surface area (Å²) in [6.07, 6.45) is 3.45. The Balaban J connectivity index is 1.30. The van der Waals surface area contributed by atoms with Crippen molar-refractivity contribution in [1.29, 1.82) is 0 Å². The zero-order valence-corrected chi connectivity index (χ0v) is 19.5. The summed E-state index contributed by atoms with van der Waals surface area (Å²) in [5.74, 6) is 0.231. The molecule has 9 nitrogen and oxygen atoms in total. The molecule has 5 rings (SSSR count). The van der Waals surface area contributed by atoms with Gasteiger partial charge in [0.1, 0.15) is 6.54 Å². The van der Waals surface area contributed by atoms with E-state index in [9.17, 15) is 13.2 Å². The van der Waals surface area contributed by atoms with Crippen LogP contribution in [0.2, 0.25) is 5.02 Å².